The molecule has 18 heavy (non-hydrogen) atoms. The van der Waals surface area contributed by atoms with E-state index in [0.717, 1.165) is 16.6 Å². The highest BCUT2D eigenvalue weighted by molar-refractivity contribution is 9.10. The monoisotopic (exact) mass is 307 g/mol. The molecule has 0 saturated carbocycles. The van der Waals surface area contributed by atoms with Crippen molar-refractivity contribution in [2.24, 2.45) is 0 Å². The minimum atomic E-state index is -0.308. The van der Waals surface area contributed by atoms with Gasteiger partial charge in [0.2, 0.25) is 0 Å². The van der Waals surface area contributed by atoms with Crippen LogP contribution in [-0.2, 0) is 17.9 Å². The van der Waals surface area contributed by atoms with E-state index >= 15 is 0 Å². The third-order valence-electron chi connectivity index (χ3n) is 2.66. The number of ether oxygens (including phenoxy) is 1. The summed E-state index contributed by atoms with van der Waals surface area (Å²) in [7, 11) is 0. The third kappa shape index (κ3) is 2.82. The van der Waals surface area contributed by atoms with Gasteiger partial charge in [-0.1, -0.05) is 30.3 Å². The maximum atomic E-state index is 12.0. The summed E-state index contributed by atoms with van der Waals surface area (Å²) in [6.07, 6.45) is 1.86. The lowest BCUT2D eigenvalue weighted by Crippen LogP contribution is -2.11. The van der Waals surface area contributed by atoms with Gasteiger partial charge in [-0.3, -0.25) is 0 Å². The van der Waals surface area contributed by atoms with Gasteiger partial charge in [0.1, 0.15) is 12.3 Å². The highest BCUT2D eigenvalue weighted by Gasteiger charge is 2.16. The van der Waals surface area contributed by atoms with Crippen LogP contribution in [0.15, 0.2) is 47.1 Å². The molecule has 0 aliphatic heterocycles. The molecule has 0 N–H and O–H groups in total. The normalized spacial score (nSPS) is 10.3. The minimum Gasteiger partial charge on any atom is -0.456 e. The fraction of sp³-hybridized carbons (Fsp3) is 0.214. The average Bonchev–Trinajstić information content (AvgIpc) is 2.78. The lowest BCUT2D eigenvalue weighted by atomic mass is 10.2. The van der Waals surface area contributed by atoms with E-state index in [1.165, 1.54) is 0 Å². The summed E-state index contributed by atoms with van der Waals surface area (Å²) in [5.41, 5.74) is 1.55. The van der Waals surface area contributed by atoms with Crippen LogP contribution in [0.2, 0.25) is 0 Å². The fourth-order valence-corrected chi connectivity index (χ4v) is 2.22. The SMILES string of the molecule is CCn1ccc(Br)c1C(=O)OCc1ccccc1. The zero-order valence-corrected chi connectivity index (χ0v) is 11.7. The topological polar surface area (TPSA) is 31.2 Å². The molecule has 0 radical (unpaired) electrons. The minimum absolute atomic E-state index is 0.293. The molecule has 0 saturated heterocycles. The largest absolute Gasteiger partial charge is 0.456 e. The van der Waals surface area contributed by atoms with Crippen LogP contribution >= 0.6 is 15.9 Å². The van der Waals surface area contributed by atoms with Crippen LogP contribution in [-0.4, -0.2) is 10.5 Å². The van der Waals surface area contributed by atoms with Gasteiger partial charge in [-0.15, -0.1) is 0 Å². The van der Waals surface area contributed by atoms with Crippen LogP contribution in [0, 0.1) is 0 Å². The Morgan fingerprint density at radius 1 is 1.28 bits per heavy atom. The van der Waals surface area contributed by atoms with E-state index in [2.05, 4.69) is 15.9 Å². The number of esters is 1. The molecule has 94 valence electrons. The van der Waals surface area contributed by atoms with Crippen molar-refractivity contribution in [2.45, 2.75) is 20.1 Å². The fourth-order valence-electron chi connectivity index (χ4n) is 1.72. The Bertz CT molecular complexity index is 534. The van der Waals surface area contributed by atoms with Crippen molar-refractivity contribution < 1.29 is 9.53 Å². The van der Waals surface area contributed by atoms with Gasteiger partial charge in [0.05, 0.1) is 4.47 Å². The smallest absolute Gasteiger partial charge is 0.356 e. The quantitative estimate of drug-likeness (QED) is 0.808. The molecule has 3 nitrogen and oxygen atoms in total. The Morgan fingerprint density at radius 3 is 2.67 bits per heavy atom. The second-order valence-electron chi connectivity index (χ2n) is 3.86. The lowest BCUT2D eigenvalue weighted by Gasteiger charge is -2.08. The van der Waals surface area contributed by atoms with E-state index in [4.69, 9.17) is 4.74 Å². The molecule has 0 amide bonds. The van der Waals surface area contributed by atoms with Gasteiger partial charge in [0, 0.05) is 12.7 Å². The average molecular weight is 308 g/mol. The van der Waals surface area contributed by atoms with E-state index in [0.29, 0.717) is 12.3 Å². The van der Waals surface area contributed by atoms with Crippen molar-refractivity contribution in [3.63, 3.8) is 0 Å². The number of carbonyl (C=O) groups is 1. The number of hydrogen-bond acceptors (Lipinski definition) is 2. The molecule has 0 spiro atoms. The molecule has 1 aromatic carbocycles. The van der Waals surface area contributed by atoms with Crippen molar-refractivity contribution in [1.82, 2.24) is 4.57 Å². The summed E-state index contributed by atoms with van der Waals surface area (Å²) in [6.45, 7) is 3.02. The van der Waals surface area contributed by atoms with E-state index in [1.807, 2.05) is 54.1 Å². The molecular formula is C14H14BrNO2. The van der Waals surface area contributed by atoms with E-state index < -0.39 is 0 Å². The summed E-state index contributed by atoms with van der Waals surface area (Å²) >= 11 is 3.36. The lowest BCUT2D eigenvalue weighted by molar-refractivity contribution is 0.0459. The zero-order valence-electron chi connectivity index (χ0n) is 10.1. The number of rotatable bonds is 4. The Balaban J connectivity index is 2.06. The first-order valence-electron chi connectivity index (χ1n) is 5.78. The molecule has 2 rings (SSSR count). The Kier molecular flexibility index (Phi) is 4.20. The summed E-state index contributed by atoms with van der Waals surface area (Å²) in [6, 6.07) is 11.5. The molecule has 1 heterocycles. The predicted molar refractivity (Wildman–Crippen MR) is 73.4 cm³/mol. The number of nitrogens with zero attached hydrogens (tertiary/aromatic N) is 1. The molecule has 0 aliphatic carbocycles. The first kappa shape index (κ1) is 12.9. The molecular weight excluding hydrogens is 294 g/mol. The van der Waals surface area contributed by atoms with Gasteiger partial charge in [-0.05, 0) is 34.5 Å². The van der Waals surface area contributed by atoms with Crippen LogP contribution in [0.5, 0.6) is 0 Å². The van der Waals surface area contributed by atoms with Gasteiger partial charge in [0.15, 0.2) is 0 Å². The first-order valence-corrected chi connectivity index (χ1v) is 6.57. The predicted octanol–water partition coefficient (Wildman–Crippen LogP) is 3.63. The van der Waals surface area contributed by atoms with Gasteiger partial charge in [-0.2, -0.15) is 0 Å². The van der Waals surface area contributed by atoms with Gasteiger partial charge in [-0.25, -0.2) is 4.79 Å². The van der Waals surface area contributed by atoms with Crippen molar-refractivity contribution in [3.8, 4) is 0 Å². The second-order valence-corrected chi connectivity index (χ2v) is 4.71. The van der Waals surface area contributed by atoms with Crippen LogP contribution in [0.25, 0.3) is 0 Å². The highest BCUT2D eigenvalue weighted by atomic mass is 79.9. The van der Waals surface area contributed by atoms with Gasteiger partial charge in [0.25, 0.3) is 0 Å². The van der Waals surface area contributed by atoms with Gasteiger partial charge < -0.3 is 9.30 Å². The molecule has 0 aliphatic rings. The summed E-state index contributed by atoms with van der Waals surface area (Å²) in [4.78, 5) is 12.0. The van der Waals surface area contributed by atoms with Crippen LogP contribution in [0.4, 0.5) is 0 Å². The number of aryl methyl sites for hydroxylation is 1. The Morgan fingerprint density at radius 2 is 2.00 bits per heavy atom. The molecule has 0 fully saturated rings. The number of benzene rings is 1. The second kappa shape index (κ2) is 5.87. The molecule has 0 unspecified atom stereocenters. The number of aromatic nitrogens is 1. The van der Waals surface area contributed by atoms with Crippen LogP contribution in [0.3, 0.4) is 0 Å². The van der Waals surface area contributed by atoms with Gasteiger partial charge >= 0.3 is 5.97 Å². The summed E-state index contributed by atoms with van der Waals surface area (Å²) in [5, 5.41) is 0. The standard InChI is InChI=1S/C14H14BrNO2/c1-2-16-9-8-12(15)13(16)14(17)18-10-11-6-4-3-5-7-11/h3-9H,2,10H2,1H3. The summed E-state index contributed by atoms with van der Waals surface area (Å²) < 4.78 is 7.93. The highest BCUT2D eigenvalue weighted by Crippen LogP contribution is 2.19. The van der Waals surface area contributed by atoms with Crippen molar-refractivity contribution >= 4 is 21.9 Å². The molecule has 0 bridgehead atoms. The number of hydrogen-bond donors (Lipinski definition) is 0. The van der Waals surface area contributed by atoms with Crippen molar-refractivity contribution in [3.05, 3.63) is 58.3 Å². The number of halogens is 1. The van der Waals surface area contributed by atoms with E-state index in [1.54, 1.807) is 0 Å². The van der Waals surface area contributed by atoms with Crippen LogP contribution in [0.1, 0.15) is 23.0 Å². The Hall–Kier alpha value is -1.55. The molecule has 0 atom stereocenters. The molecule has 4 heteroatoms. The van der Waals surface area contributed by atoms with Crippen LogP contribution < -0.4 is 0 Å². The third-order valence-corrected chi connectivity index (χ3v) is 3.30. The molecule has 1 aromatic heterocycles. The summed E-state index contributed by atoms with van der Waals surface area (Å²) in [5.74, 6) is -0.308. The maximum Gasteiger partial charge on any atom is 0.356 e. The first-order chi connectivity index (χ1) is 8.72. The maximum absolute atomic E-state index is 12.0. The molecule has 2 aromatic rings. The number of carbonyl (C=O) groups excluding carboxylic acids is 1. The van der Waals surface area contributed by atoms with Crippen molar-refractivity contribution in [1.29, 1.82) is 0 Å². The van der Waals surface area contributed by atoms with Crippen molar-refractivity contribution in [2.75, 3.05) is 0 Å². The zero-order chi connectivity index (χ0) is 13.0. The Labute approximate surface area is 115 Å². The van der Waals surface area contributed by atoms with E-state index in [-0.39, 0.29) is 5.97 Å². The van der Waals surface area contributed by atoms with E-state index in [9.17, 15) is 4.79 Å².